The number of nitrogens with zero attached hydrogens (tertiary/aromatic N) is 3. The Hall–Kier alpha value is -2.94. The molecule has 4 rings (SSSR count). The molecule has 3 aromatic rings. The van der Waals surface area contributed by atoms with E-state index in [1.807, 2.05) is 0 Å². The molecule has 0 amide bonds. The number of halogens is 3. The molecule has 0 aliphatic carbocycles. The lowest BCUT2D eigenvalue weighted by Gasteiger charge is -2.32. The van der Waals surface area contributed by atoms with E-state index < -0.39 is 6.61 Å². The van der Waals surface area contributed by atoms with Crippen LogP contribution in [0.3, 0.4) is 0 Å². The third-order valence-electron chi connectivity index (χ3n) is 6.03. The quantitative estimate of drug-likeness (QED) is 0.381. The van der Waals surface area contributed by atoms with Crippen LogP contribution in [0.25, 0.3) is 22.4 Å². The van der Waals surface area contributed by atoms with Crippen molar-refractivity contribution < 1.29 is 18.6 Å². The number of benzene rings is 2. The summed E-state index contributed by atoms with van der Waals surface area (Å²) in [5.74, 6) is 0.662. The van der Waals surface area contributed by atoms with Crippen LogP contribution in [0.4, 0.5) is 14.6 Å². The Bertz CT molecular complexity index is 1140. The number of piperazine rings is 1. The minimum absolute atomic E-state index is 0.0252. The van der Waals surface area contributed by atoms with Crippen molar-refractivity contribution in [3.05, 3.63) is 59.6 Å². The van der Waals surface area contributed by atoms with Crippen LogP contribution in [-0.2, 0) is 0 Å². The number of phenolic OH excluding ortho intramolecular Hbond substituents is 1. The van der Waals surface area contributed by atoms with E-state index in [1.165, 1.54) is 12.1 Å². The average molecular weight is 503 g/mol. The molecule has 0 radical (unpaired) electrons. The van der Waals surface area contributed by atoms with Gasteiger partial charge < -0.3 is 25.0 Å². The van der Waals surface area contributed by atoms with Crippen molar-refractivity contribution in [3.63, 3.8) is 0 Å². The van der Waals surface area contributed by atoms with Gasteiger partial charge in [0.2, 0.25) is 0 Å². The van der Waals surface area contributed by atoms with E-state index in [0.717, 1.165) is 39.1 Å². The lowest BCUT2D eigenvalue weighted by atomic mass is 10.0. The summed E-state index contributed by atoms with van der Waals surface area (Å²) in [6.07, 6.45) is 0.929. The van der Waals surface area contributed by atoms with Gasteiger partial charge in [-0.25, -0.2) is 4.98 Å². The Morgan fingerprint density at radius 1 is 1.06 bits per heavy atom. The first-order chi connectivity index (χ1) is 16.9. The van der Waals surface area contributed by atoms with E-state index in [-0.39, 0.29) is 11.5 Å². The summed E-state index contributed by atoms with van der Waals surface area (Å²) in [5.41, 5.74) is 2.05. The van der Waals surface area contributed by atoms with Crippen molar-refractivity contribution in [2.45, 2.75) is 13.0 Å². The number of hydrogen-bond acceptors (Lipinski definition) is 6. The fourth-order valence-corrected chi connectivity index (χ4v) is 4.29. The molecule has 1 fully saturated rings. The van der Waals surface area contributed by atoms with Gasteiger partial charge in [-0.3, -0.25) is 0 Å². The standard InChI is InChI=1S/C26H29ClF2N4O2/c1-32-11-13-33(14-12-32)10-4-9-30-25-16-18(20-5-2-3-6-24(20)35-26(28)29)15-22(31-25)21-17-19(27)7-8-23(21)34/h2-3,5-8,15-17,26,34H,4,9-14H2,1H3,(H,30,31). The average Bonchev–Trinajstić information content (AvgIpc) is 2.84. The molecular weight excluding hydrogens is 474 g/mol. The van der Waals surface area contributed by atoms with Gasteiger partial charge in [0.25, 0.3) is 0 Å². The summed E-state index contributed by atoms with van der Waals surface area (Å²) in [6, 6.07) is 14.9. The van der Waals surface area contributed by atoms with Crippen LogP contribution in [0, 0.1) is 0 Å². The minimum Gasteiger partial charge on any atom is -0.507 e. The van der Waals surface area contributed by atoms with Gasteiger partial charge in [0.1, 0.15) is 17.3 Å². The van der Waals surface area contributed by atoms with Crippen LogP contribution >= 0.6 is 11.6 Å². The fourth-order valence-electron chi connectivity index (χ4n) is 4.12. The third-order valence-corrected chi connectivity index (χ3v) is 6.26. The normalized spacial score (nSPS) is 14.9. The molecule has 0 atom stereocenters. The van der Waals surface area contributed by atoms with Crippen LogP contribution in [0.5, 0.6) is 11.5 Å². The molecule has 1 saturated heterocycles. The van der Waals surface area contributed by atoms with Crippen molar-refractivity contribution in [3.8, 4) is 33.9 Å². The summed E-state index contributed by atoms with van der Waals surface area (Å²) in [5, 5.41) is 14.2. The number of pyridine rings is 1. The Morgan fingerprint density at radius 3 is 2.60 bits per heavy atom. The monoisotopic (exact) mass is 502 g/mol. The molecule has 0 saturated carbocycles. The summed E-state index contributed by atoms with van der Waals surface area (Å²) < 4.78 is 30.8. The highest BCUT2D eigenvalue weighted by Crippen LogP contribution is 2.37. The van der Waals surface area contributed by atoms with Crippen molar-refractivity contribution in [1.29, 1.82) is 0 Å². The van der Waals surface area contributed by atoms with Gasteiger partial charge in [0.15, 0.2) is 0 Å². The highest BCUT2D eigenvalue weighted by molar-refractivity contribution is 6.31. The molecular formula is C26H29ClF2N4O2. The van der Waals surface area contributed by atoms with Gasteiger partial charge >= 0.3 is 6.61 Å². The number of nitrogens with one attached hydrogen (secondary N) is 1. The van der Waals surface area contributed by atoms with Gasteiger partial charge in [0, 0.05) is 48.9 Å². The highest BCUT2D eigenvalue weighted by Gasteiger charge is 2.16. The van der Waals surface area contributed by atoms with Gasteiger partial charge in [0.05, 0.1) is 5.69 Å². The van der Waals surface area contributed by atoms with Crippen LogP contribution in [0.2, 0.25) is 5.02 Å². The first-order valence-corrected chi connectivity index (χ1v) is 12.0. The molecule has 0 bridgehead atoms. The van der Waals surface area contributed by atoms with Crippen LogP contribution < -0.4 is 10.1 Å². The van der Waals surface area contributed by atoms with E-state index in [1.54, 1.807) is 42.5 Å². The molecule has 0 spiro atoms. The second kappa shape index (κ2) is 11.7. The van der Waals surface area contributed by atoms with Crippen LogP contribution in [0.1, 0.15) is 6.42 Å². The number of hydrogen-bond donors (Lipinski definition) is 2. The zero-order valence-electron chi connectivity index (χ0n) is 19.6. The zero-order valence-corrected chi connectivity index (χ0v) is 20.3. The van der Waals surface area contributed by atoms with E-state index >= 15 is 0 Å². The number of ether oxygens (including phenoxy) is 1. The number of aromatic hydroxyl groups is 1. The topological polar surface area (TPSA) is 60.9 Å². The first-order valence-electron chi connectivity index (χ1n) is 11.6. The summed E-state index contributed by atoms with van der Waals surface area (Å²) in [4.78, 5) is 9.45. The number of aromatic nitrogens is 1. The summed E-state index contributed by atoms with van der Waals surface area (Å²) in [6.45, 7) is 2.99. The van der Waals surface area contributed by atoms with Crippen molar-refractivity contribution in [2.75, 3.05) is 51.6 Å². The van der Waals surface area contributed by atoms with Gasteiger partial charge in [-0.1, -0.05) is 29.8 Å². The SMILES string of the molecule is CN1CCN(CCCNc2cc(-c3ccccc3OC(F)F)cc(-c3cc(Cl)ccc3O)n2)CC1. The molecule has 1 aromatic heterocycles. The number of phenols is 1. The summed E-state index contributed by atoms with van der Waals surface area (Å²) >= 11 is 6.17. The Labute approximate surface area is 209 Å². The van der Waals surface area contributed by atoms with Crippen molar-refractivity contribution in [2.24, 2.45) is 0 Å². The third kappa shape index (κ3) is 6.81. The van der Waals surface area contributed by atoms with E-state index in [4.69, 9.17) is 16.3 Å². The van der Waals surface area contributed by atoms with Crippen LogP contribution in [-0.4, -0.2) is 72.8 Å². The lowest BCUT2D eigenvalue weighted by Crippen LogP contribution is -2.44. The largest absolute Gasteiger partial charge is 0.507 e. The molecule has 1 aliphatic heterocycles. The Balaban J connectivity index is 1.59. The molecule has 2 heterocycles. The Kier molecular flexibility index (Phi) is 8.38. The van der Waals surface area contributed by atoms with E-state index in [0.29, 0.717) is 39.8 Å². The predicted molar refractivity (Wildman–Crippen MR) is 135 cm³/mol. The zero-order chi connectivity index (χ0) is 24.8. The number of likely N-dealkylation sites (N-methyl/N-ethyl adjacent to an activating group) is 1. The number of para-hydroxylation sites is 1. The van der Waals surface area contributed by atoms with E-state index in [2.05, 4.69) is 27.1 Å². The molecule has 0 unspecified atom stereocenters. The Morgan fingerprint density at radius 2 is 1.83 bits per heavy atom. The maximum Gasteiger partial charge on any atom is 0.387 e. The van der Waals surface area contributed by atoms with Crippen LogP contribution in [0.15, 0.2) is 54.6 Å². The second-order valence-electron chi connectivity index (χ2n) is 8.59. The fraction of sp³-hybridized carbons (Fsp3) is 0.346. The molecule has 1 aliphatic rings. The van der Waals surface area contributed by atoms with Gasteiger partial charge in [-0.05, 0) is 62.0 Å². The maximum atomic E-state index is 13.0. The molecule has 2 aromatic carbocycles. The molecule has 9 heteroatoms. The second-order valence-corrected chi connectivity index (χ2v) is 9.02. The van der Waals surface area contributed by atoms with Gasteiger partial charge in [-0.2, -0.15) is 8.78 Å². The molecule has 35 heavy (non-hydrogen) atoms. The number of anilines is 1. The first kappa shape index (κ1) is 25.2. The lowest BCUT2D eigenvalue weighted by molar-refractivity contribution is -0.0494. The highest BCUT2D eigenvalue weighted by atomic mass is 35.5. The number of rotatable bonds is 9. The molecule has 2 N–H and O–H groups in total. The maximum absolute atomic E-state index is 13.0. The molecule has 6 nitrogen and oxygen atoms in total. The smallest absolute Gasteiger partial charge is 0.387 e. The number of alkyl halides is 2. The van der Waals surface area contributed by atoms with Gasteiger partial charge in [-0.15, -0.1) is 0 Å². The van der Waals surface area contributed by atoms with Crippen molar-refractivity contribution in [1.82, 2.24) is 14.8 Å². The predicted octanol–water partition coefficient (Wildman–Crippen LogP) is 5.43. The molecule has 186 valence electrons. The summed E-state index contributed by atoms with van der Waals surface area (Å²) in [7, 11) is 2.14. The minimum atomic E-state index is -2.94. The van der Waals surface area contributed by atoms with E-state index in [9.17, 15) is 13.9 Å². The van der Waals surface area contributed by atoms with Crippen molar-refractivity contribution >= 4 is 17.4 Å².